The summed E-state index contributed by atoms with van der Waals surface area (Å²) in [7, 11) is 5.45. The van der Waals surface area contributed by atoms with Gasteiger partial charge in [-0.05, 0) is 41.5 Å². The van der Waals surface area contributed by atoms with E-state index in [0.717, 1.165) is 0 Å². The number of benzene rings is 2. The predicted octanol–water partition coefficient (Wildman–Crippen LogP) is 2.60. The summed E-state index contributed by atoms with van der Waals surface area (Å²) in [5, 5.41) is 4.18. The lowest BCUT2D eigenvalue weighted by Gasteiger charge is -2.32. The first-order valence-electron chi connectivity index (χ1n) is 10.1. The van der Waals surface area contributed by atoms with Crippen LogP contribution in [0.3, 0.4) is 0 Å². The normalized spacial score (nSPS) is 14.9. The van der Waals surface area contributed by atoms with Gasteiger partial charge in [-0.25, -0.2) is 8.78 Å². The highest BCUT2D eigenvalue weighted by molar-refractivity contribution is 6.42. The van der Waals surface area contributed by atoms with Gasteiger partial charge in [-0.1, -0.05) is 17.7 Å². The molecular formula is C22H17B2ClF2N4O. The molecule has 5 rings (SSSR count). The Hall–Kier alpha value is -3.19. The molecule has 0 aliphatic carbocycles. The highest BCUT2D eigenvalue weighted by atomic mass is 35.5. The SMILES string of the molecule is BC1(B)c2ncccc2C(=O)N1Cc1c(F)cc(-c2ccc(F)c3nn(C)cc23)cc1Cl. The van der Waals surface area contributed by atoms with Gasteiger partial charge in [0.25, 0.3) is 5.91 Å². The van der Waals surface area contributed by atoms with Crippen molar-refractivity contribution in [2.45, 2.75) is 11.9 Å². The molecule has 5 nitrogen and oxygen atoms in total. The topological polar surface area (TPSA) is 51.0 Å². The van der Waals surface area contributed by atoms with E-state index in [1.807, 2.05) is 15.7 Å². The van der Waals surface area contributed by atoms with Crippen LogP contribution in [-0.2, 0) is 18.9 Å². The molecule has 0 saturated carbocycles. The van der Waals surface area contributed by atoms with Crippen molar-refractivity contribution < 1.29 is 13.6 Å². The van der Waals surface area contributed by atoms with E-state index >= 15 is 4.39 Å². The summed E-state index contributed by atoms with van der Waals surface area (Å²) in [6.45, 7) is -0.00113. The maximum absolute atomic E-state index is 15.3. The number of hydrogen-bond acceptors (Lipinski definition) is 3. The molecule has 2 aromatic carbocycles. The van der Waals surface area contributed by atoms with Crippen LogP contribution in [0.2, 0.25) is 5.02 Å². The van der Waals surface area contributed by atoms with E-state index in [0.29, 0.717) is 27.8 Å². The second-order valence-corrected chi connectivity index (χ2v) is 8.84. The smallest absolute Gasteiger partial charge is 0.255 e. The van der Waals surface area contributed by atoms with Crippen molar-refractivity contribution in [3.8, 4) is 11.1 Å². The average Bonchev–Trinajstić information content (AvgIpc) is 3.22. The Morgan fingerprint density at radius 3 is 2.62 bits per heavy atom. The number of aromatic nitrogens is 3. The maximum atomic E-state index is 15.3. The van der Waals surface area contributed by atoms with E-state index in [-0.39, 0.29) is 28.6 Å². The summed E-state index contributed by atoms with van der Waals surface area (Å²) in [6, 6.07) is 9.32. The molecule has 0 fully saturated rings. The lowest BCUT2D eigenvalue weighted by Crippen LogP contribution is -2.44. The number of carbonyl (C=O) groups is 1. The summed E-state index contributed by atoms with van der Waals surface area (Å²) in [5.74, 6) is -1.20. The number of carbonyl (C=O) groups excluding carboxylic acids is 1. The minimum atomic E-state index is -0.707. The molecule has 2 aromatic heterocycles. The molecule has 32 heavy (non-hydrogen) atoms. The summed E-state index contributed by atoms with van der Waals surface area (Å²) in [6.07, 6.45) is 3.32. The fraction of sp³-hybridized carbons (Fsp3) is 0.136. The zero-order valence-electron chi connectivity index (χ0n) is 17.7. The summed E-state index contributed by atoms with van der Waals surface area (Å²) >= 11 is 6.51. The molecule has 0 bridgehead atoms. The number of fused-ring (bicyclic) bond motifs is 2. The van der Waals surface area contributed by atoms with Crippen LogP contribution < -0.4 is 0 Å². The molecule has 1 aliphatic rings. The second-order valence-electron chi connectivity index (χ2n) is 8.43. The Bertz CT molecular complexity index is 1400. The van der Waals surface area contributed by atoms with Gasteiger partial charge < -0.3 is 4.90 Å². The minimum absolute atomic E-state index is 0.00113. The highest BCUT2D eigenvalue weighted by Gasteiger charge is 2.44. The summed E-state index contributed by atoms with van der Waals surface area (Å²) in [4.78, 5) is 18.9. The largest absolute Gasteiger partial charge is 0.339 e. The van der Waals surface area contributed by atoms with E-state index in [4.69, 9.17) is 11.6 Å². The van der Waals surface area contributed by atoms with Gasteiger partial charge in [0.05, 0.1) is 11.3 Å². The van der Waals surface area contributed by atoms with Crippen LogP contribution in [0.25, 0.3) is 22.0 Å². The van der Waals surface area contributed by atoms with Gasteiger partial charge in [0, 0.05) is 47.3 Å². The average molecular weight is 448 g/mol. The Morgan fingerprint density at radius 1 is 1.12 bits per heavy atom. The first-order valence-corrected chi connectivity index (χ1v) is 10.4. The fourth-order valence-electron chi connectivity index (χ4n) is 4.37. The zero-order valence-corrected chi connectivity index (χ0v) is 18.4. The number of amides is 1. The van der Waals surface area contributed by atoms with Crippen LogP contribution in [-0.4, -0.2) is 41.3 Å². The molecule has 1 aliphatic heterocycles. The molecule has 0 radical (unpaired) electrons. The maximum Gasteiger partial charge on any atom is 0.255 e. The third-order valence-electron chi connectivity index (χ3n) is 6.05. The fourth-order valence-corrected chi connectivity index (χ4v) is 4.64. The van der Waals surface area contributed by atoms with Crippen molar-refractivity contribution in [1.82, 2.24) is 19.7 Å². The standard InChI is InChI=1S/C22H17B2ClF2N4O/c1-30-9-14-12(4-5-17(26)19(14)29-30)11-7-16(25)15(18(27)8-11)10-31-21(32)13-3-2-6-28-20(13)22(31,23)24/h2-9H,10,23-24H2,1H3. The van der Waals surface area contributed by atoms with E-state index in [1.54, 1.807) is 48.6 Å². The number of hydrogen-bond donors (Lipinski definition) is 0. The molecule has 4 aromatic rings. The Kier molecular flexibility index (Phi) is 4.64. The molecule has 0 unspecified atom stereocenters. The van der Waals surface area contributed by atoms with Crippen molar-refractivity contribution in [2.24, 2.45) is 7.05 Å². The first-order chi connectivity index (χ1) is 15.2. The number of pyridine rings is 1. The quantitative estimate of drug-likeness (QED) is 0.453. The van der Waals surface area contributed by atoms with Gasteiger partial charge in [0.15, 0.2) is 5.82 Å². The van der Waals surface area contributed by atoms with Crippen LogP contribution in [0.5, 0.6) is 0 Å². The minimum Gasteiger partial charge on any atom is -0.339 e. The second kappa shape index (κ2) is 7.17. The van der Waals surface area contributed by atoms with Crippen LogP contribution in [0.4, 0.5) is 8.78 Å². The molecular weight excluding hydrogens is 431 g/mol. The van der Waals surface area contributed by atoms with E-state index < -0.39 is 17.0 Å². The third-order valence-corrected chi connectivity index (χ3v) is 6.38. The summed E-state index contributed by atoms with van der Waals surface area (Å²) < 4.78 is 31.0. The molecule has 0 atom stereocenters. The molecule has 0 N–H and O–H groups in total. The zero-order chi connectivity index (χ0) is 22.8. The monoisotopic (exact) mass is 448 g/mol. The van der Waals surface area contributed by atoms with Crippen molar-refractivity contribution >= 4 is 44.1 Å². The number of nitrogens with zero attached hydrogens (tertiary/aromatic N) is 4. The third kappa shape index (κ3) is 3.03. The van der Waals surface area contributed by atoms with E-state index in [2.05, 4.69) is 10.1 Å². The van der Waals surface area contributed by atoms with Crippen LogP contribution in [0.15, 0.2) is 48.8 Å². The van der Waals surface area contributed by atoms with Gasteiger partial charge in [0.1, 0.15) is 27.0 Å². The lowest BCUT2D eigenvalue weighted by molar-refractivity contribution is 0.0729. The molecule has 158 valence electrons. The Morgan fingerprint density at radius 2 is 1.91 bits per heavy atom. The van der Waals surface area contributed by atoms with Crippen molar-refractivity contribution in [3.63, 3.8) is 0 Å². The van der Waals surface area contributed by atoms with Crippen LogP contribution in [0.1, 0.15) is 21.6 Å². The molecule has 1 amide bonds. The first kappa shape index (κ1) is 20.7. The van der Waals surface area contributed by atoms with E-state index in [1.165, 1.54) is 16.8 Å². The van der Waals surface area contributed by atoms with Gasteiger partial charge in [0.2, 0.25) is 0 Å². The Balaban J connectivity index is 1.55. The number of aryl methyl sites for hydroxylation is 1. The van der Waals surface area contributed by atoms with Crippen LogP contribution in [0, 0.1) is 11.6 Å². The molecule has 0 saturated heterocycles. The van der Waals surface area contributed by atoms with Gasteiger partial charge in [-0.15, -0.1) is 0 Å². The molecule has 0 spiro atoms. The van der Waals surface area contributed by atoms with Crippen molar-refractivity contribution in [1.29, 1.82) is 0 Å². The highest BCUT2D eigenvalue weighted by Crippen LogP contribution is 2.38. The van der Waals surface area contributed by atoms with E-state index in [9.17, 15) is 9.18 Å². The molecule has 10 heteroatoms. The van der Waals surface area contributed by atoms with Crippen LogP contribution >= 0.6 is 11.6 Å². The van der Waals surface area contributed by atoms with Gasteiger partial charge in [-0.2, -0.15) is 5.10 Å². The predicted molar refractivity (Wildman–Crippen MR) is 124 cm³/mol. The number of halogens is 3. The van der Waals surface area contributed by atoms with Crippen molar-refractivity contribution in [3.05, 3.63) is 82.3 Å². The summed E-state index contributed by atoms with van der Waals surface area (Å²) in [5.41, 5.74) is 2.72. The molecule has 3 heterocycles. The lowest BCUT2D eigenvalue weighted by atomic mass is 9.59. The van der Waals surface area contributed by atoms with Gasteiger partial charge in [-0.3, -0.25) is 14.5 Å². The van der Waals surface area contributed by atoms with Gasteiger partial charge >= 0.3 is 0 Å². The Labute approximate surface area is 189 Å². The van der Waals surface area contributed by atoms with Crippen molar-refractivity contribution in [2.75, 3.05) is 0 Å². The number of rotatable bonds is 3.